The van der Waals surface area contributed by atoms with E-state index in [-0.39, 0.29) is 11.3 Å². The van der Waals surface area contributed by atoms with Crippen LogP contribution in [0.15, 0.2) is 76.0 Å². The number of rotatable bonds is 3. The number of hydrogen-bond acceptors (Lipinski definition) is 3. The molecule has 0 atom stereocenters. The lowest BCUT2D eigenvalue weighted by Gasteiger charge is -2.12. The summed E-state index contributed by atoms with van der Waals surface area (Å²) in [5.41, 5.74) is 2.99. The molecule has 0 spiro atoms. The number of hydrogen-bond donors (Lipinski definition) is 1. The number of aromatic hydroxyl groups is 1. The van der Waals surface area contributed by atoms with E-state index < -0.39 is 0 Å². The van der Waals surface area contributed by atoms with Gasteiger partial charge in [-0.15, -0.1) is 0 Å². The van der Waals surface area contributed by atoms with Crippen LogP contribution in [0.3, 0.4) is 0 Å². The van der Waals surface area contributed by atoms with Gasteiger partial charge >= 0.3 is 0 Å². The number of benzene rings is 3. The number of para-hydroxylation sites is 1. The number of fused-ring (bicyclic) bond motifs is 1. The fourth-order valence-electron chi connectivity index (χ4n) is 3.03. The van der Waals surface area contributed by atoms with Gasteiger partial charge in [-0.25, -0.2) is 4.98 Å². The summed E-state index contributed by atoms with van der Waals surface area (Å²) in [6.07, 6.45) is 3.50. The van der Waals surface area contributed by atoms with Gasteiger partial charge in [0.25, 0.3) is 5.56 Å². The van der Waals surface area contributed by atoms with Gasteiger partial charge in [-0.1, -0.05) is 45.8 Å². The lowest BCUT2D eigenvalue weighted by molar-refractivity contribution is 0.474. The number of phenols is 1. The molecular formula is C23H17BrN2O2. The smallest absolute Gasteiger partial charge is 0.266 e. The van der Waals surface area contributed by atoms with Crippen molar-refractivity contribution in [2.24, 2.45) is 0 Å². The molecule has 3 aromatic carbocycles. The van der Waals surface area contributed by atoms with E-state index in [1.54, 1.807) is 41.0 Å². The molecule has 138 valence electrons. The van der Waals surface area contributed by atoms with E-state index in [1.165, 1.54) is 0 Å². The second kappa shape index (κ2) is 7.44. The first kappa shape index (κ1) is 18.2. The Labute approximate surface area is 170 Å². The minimum Gasteiger partial charge on any atom is -0.507 e. The first-order valence-corrected chi connectivity index (χ1v) is 9.58. The van der Waals surface area contributed by atoms with Crippen LogP contribution in [-0.4, -0.2) is 14.7 Å². The molecule has 0 unspecified atom stereocenters. The highest BCUT2D eigenvalue weighted by Gasteiger charge is 2.11. The lowest BCUT2D eigenvalue weighted by atomic mass is 10.1. The van der Waals surface area contributed by atoms with Crippen molar-refractivity contribution >= 4 is 39.0 Å². The zero-order chi connectivity index (χ0) is 19.7. The van der Waals surface area contributed by atoms with Gasteiger partial charge in [-0.3, -0.25) is 9.36 Å². The molecule has 5 heteroatoms. The summed E-state index contributed by atoms with van der Waals surface area (Å²) in [5.74, 6) is 0.649. The summed E-state index contributed by atoms with van der Waals surface area (Å²) in [4.78, 5) is 17.9. The van der Waals surface area contributed by atoms with Crippen molar-refractivity contribution < 1.29 is 5.11 Å². The monoisotopic (exact) mass is 432 g/mol. The third-order valence-corrected chi connectivity index (χ3v) is 4.99. The van der Waals surface area contributed by atoms with Crippen molar-refractivity contribution in [1.29, 1.82) is 0 Å². The van der Waals surface area contributed by atoms with Crippen LogP contribution in [-0.2, 0) is 0 Å². The fraction of sp³-hybridized carbons (Fsp3) is 0.0435. The highest BCUT2D eigenvalue weighted by atomic mass is 79.9. The molecule has 28 heavy (non-hydrogen) atoms. The Kier molecular flexibility index (Phi) is 4.84. The Morgan fingerprint density at radius 1 is 1.00 bits per heavy atom. The summed E-state index contributed by atoms with van der Waals surface area (Å²) in [6, 6.07) is 20.2. The molecule has 0 bridgehead atoms. The third-order valence-electron chi connectivity index (χ3n) is 4.50. The Bertz CT molecular complexity index is 1260. The summed E-state index contributed by atoms with van der Waals surface area (Å²) in [6.45, 7) is 2.00. The van der Waals surface area contributed by atoms with Crippen molar-refractivity contribution in [2.75, 3.05) is 0 Å². The molecule has 4 rings (SSSR count). The predicted molar refractivity (Wildman–Crippen MR) is 117 cm³/mol. The lowest BCUT2D eigenvalue weighted by Crippen LogP contribution is -2.22. The molecule has 0 aliphatic heterocycles. The minimum absolute atomic E-state index is 0.132. The van der Waals surface area contributed by atoms with Gasteiger partial charge in [-0.2, -0.15) is 0 Å². The van der Waals surface area contributed by atoms with Crippen LogP contribution in [0, 0.1) is 6.92 Å². The van der Waals surface area contributed by atoms with Crippen LogP contribution in [0.2, 0.25) is 0 Å². The molecule has 0 saturated carbocycles. The highest BCUT2D eigenvalue weighted by Crippen LogP contribution is 2.24. The van der Waals surface area contributed by atoms with Gasteiger partial charge in [0.05, 0.1) is 16.6 Å². The second-order valence-corrected chi connectivity index (χ2v) is 7.42. The van der Waals surface area contributed by atoms with E-state index in [1.807, 2.05) is 49.4 Å². The largest absolute Gasteiger partial charge is 0.507 e. The molecule has 0 aliphatic carbocycles. The maximum atomic E-state index is 13.2. The van der Waals surface area contributed by atoms with Gasteiger partial charge in [0.2, 0.25) is 0 Å². The van der Waals surface area contributed by atoms with E-state index in [4.69, 9.17) is 0 Å². The van der Waals surface area contributed by atoms with E-state index in [0.29, 0.717) is 22.3 Å². The SMILES string of the molecule is Cc1ccc(-n2c(/C=C/c3cc(Br)ccc3O)nc3ccccc3c2=O)cc1. The molecule has 0 fully saturated rings. The average Bonchev–Trinajstić information content (AvgIpc) is 2.70. The van der Waals surface area contributed by atoms with Crippen LogP contribution in [0.4, 0.5) is 0 Å². The van der Waals surface area contributed by atoms with Gasteiger partial charge in [0.15, 0.2) is 0 Å². The van der Waals surface area contributed by atoms with Gasteiger partial charge < -0.3 is 5.11 Å². The highest BCUT2D eigenvalue weighted by molar-refractivity contribution is 9.10. The van der Waals surface area contributed by atoms with E-state index in [2.05, 4.69) is 20.9 Å². The standard InChI is InChI=1S/C23H17BrN2O2/c1-15-6-10-18(11-7-15)26-22(13-8-16-14-17(24)9-12-21(16)27)25-20-5-3-2-4-19(20)23(26)28/h2-14,27H,1H3/b13-8+. The van der Waals surface area contributed by atoms with E-state index >= 15 is 0 Å². The number of nitrogens with zero attached hydrogens (tertiary/aromatic N) is 2. The normalized spacial score (nSPS) is 11.4. The summed E-state index contributed by atoms with van der Waals surface area (Å²) in [5, 5.41) is 10.7. The number of halogens is 1. The van der Waals surface area contributed by atoms with Crippen LogP contribution in [0.1, 0.15) is 17.0 Å². The number of phenolic OH excluding ortho intramolecular Hbond substituents is 1. The Morgan fingerprint density at radius 3 is 2.54 bits per heavy atom. The molecule has 1 N–H and O–H groups in total. The first-order chi connectivity index (χ1) is 13.5. The van der Waals surface area contributed by atoms with Crippen LogP contribution < -0.4 is 5.56 Å². The molecule has 0 aliphatic rings. The van der Waals surface area contributed by atoms with Gasteiger partial charge in [-0.05, 0) is 61.5 Å². The van der Waals surface area contributed by atoms with Gasteiger partial charge in [0.1, 0.15) is 11.6 Å². The third kappa shape index (κ3) is 3.49. The quantitative estimate of drug-likeness (QED) is 0.475. The maximum Gasteiger partial charge on any atom is 0.266 e. The van der Waals surface area contributed by atoms with E-state index in [9.17, 15) is 9.90 Å². The fourth-order valence-corrected chi connectivity index (χ4v) is 3.41. The Hall–Kier alpha value is -3.18. The van der Waals surface area contributed by atoms with Crippen molar-refractivity contribution in [2.45, 2.75) is 6.92 Å². The first-order valence-electron chi connectivity index (χ1n) is 8.78. The molecule has 1 heterocycles. The number of aryl methyl sites for hydroxylation is 1. The minimum atomic E-state index is -0.132. The Morgan fingerprint density at radius 2 is 1.75 bits per heavy atom. The zero-order valence-electron chi connectivity index (χ0n) is 15.1. The molecule has 0 amide bonds. The molecule has 4 aromatic rings. The average molecular weight is 433 g/mol. The van der Waals surface area contributed by atoms with Crippen molar-refractivity contribution in [3.8, 4) is 11.4 Å². The zero-order valence-corrected chi connectivity index (χ0v) is 16.7. The van der Waals surface area contributed by atoms with E-state index in [0.717, 1.165) is 15.7 Å². The molecule has 0 radical (unpaired) electrons. The predicted octanol–water partition coefficient (Wildman–Crippen LogP) is 5.33. The van der Waals surface area contributed by atoms with Crippen LogP contribution in [0.5, 0.6) is 5.75 Å². The maximum absolute atomic E-state index is 13.2. The molecule has 1 aromatic heterocycles. The van der Waals surface area contributed by atoms with Crippen molar-refractivity contribution in [3.63, 3.8) is 0 Å². The summed E-state index contributed by atoms with van der Waals surface area (Å²) in [7, 11) is 0. The molecular weight excluding hydrogens is 416 g/mol. The molecule has 0 saturated heterocycles. The number of aromatic nitrogens is 2. The van der Waals surface area contributed by atoms with Crippen molar-refractivity contribution in [1.82, 2.24) is 9.55 Å². The van der Waals surface area contributed by atoms with Crippen LogP contribution >= 0.6 is 15.9 Å². The summed E-state index contributed by atoms with van der Waals surface area (Å²) < 4.78 is 2.44. The van der Waals surface area contributed by atoms with Crippen molar-refractivity contribution in [3.05, 3.63) is 98.5 Å². The van der Waals surface area contributed by atoms with Crippen LogP contribution in [0.25, 0.3) is 28.7 Å². The summed E-state index contributed by atoms with van der Waals surface area (Å²) >= 11 is 3.41. The second-order valence-electron chi connectivity index (χ2n) is 6.50. The van der Waals surface area contributed by atoms with Gasteiger partial charge in [0, 0.05) is 10.0 Å². The Balaban J connectivity index is 1.94. The topological polar surface area (TPSA) is 55.1 Å². The molecule has 4 nitrogen and oxygen atoms in total.